The van der Waals surface area contributed by atoms with Gasteiger partial charge in [-0.2, -0.15) is 13.2 Å². The minimum atomic E-state index is -4.34. The molecule has 0 N–H and O–H groups in total. The van der Waals surface area contributed by atoms with E-state index in [-0.39, 0.29) is 30.7 Å². The van der Waals surface area contributed by atoms with Crippen molar-refractivity contribution in [3.63, 3.8) is 0 Å². The number of carbonyl (C=O) groups is 1. The zero-order valence-corrected chi connectivity index (χ0v) is 22.2. The molecule has 0 spiro atoms. The highest BCUT2D eigenvalue weighted by Gasteiger charge is 2.45. The van der Waals surface area contributed by atoms with Crippen molar-refractivity contribution in [3.8, 4) is 0 Å². The molecule has 208 valence electrons. The maximum absolute atomic E-state index is 14.1. The Balaban J connectivity index is 1.34. The first-order valence-electron chi connectivity index (χ1n) is 14.7. The number of likely N-dealkylation sites (tertiary alicyclic amines) is 2. The van der Waals surface area contributed by atoms with Gasteiger partial charge in [-0.3, -0.25) is 9.69 Å². The maximum Gasteiger partial charge on any atom is 0.391 e. The van der Waals surface area contributed by atoms with Gasteiger partial charge >= 0.3 is 6.18 Å². The molecule has 2 aliphatic heterocycles. The summed E-state index contributed by atoms with van der Waals surface area (Å²) < 4.78 is 53.8. The quantitative estimate of drug-likeness (QED) is 0.385. The Hall–Kier alpha value is -0.890. The van der Waals surface area contributed by atoms with Gasteiger partial charge in [0.15, 0.2) is 0 Å². The van der Waals surface area contributed by atoms with Crippen LogP contribution in [0.25, 0.3) is 0 Å². The normalized spacial score (nSPS) is 31.3. The molecule has 2 saturated heterocycles. The average Bonchev–Trinajstić information content (AvgIpc) is 2.88. The number of likely N-dealkylation sites (N-methyl/N-ethyl adjacent to an activating group) is 1. The van der Waals surface area contributed by atoms with Crippen LogP contribution in [0, 0.1) is 17.8 Å². The van der Waals surface area contributed by atoms with Crippen LogP contribution in [-0.2, 0) is 4.79 Å². The van der Waals surface area contributed by atoms with E-state index in [4.69, 9.17) is 0 Å². The summed E-state index contributed by atoms with van der Waals surface area (Å²) in [5.41, 5.74) is 0. The fourth-order valence-electron chi connectivity index (χ4n) is 7.50. The van der Waals surface area contributed by atoms with E-state index in [2.05, 4.69) is 9.80 Å². The van der Waals surface area contributed by atoms with Crippen LogP contribution in [0.15, 0.2) is 0 Å². The van der Waals surface area contributed by atoms with E-state index in [1.165, 1.54) is 51.6 Å². The molecule has 8 heteroatoms. The predicted molar refractivity (Wildman–Crippen MR) is 134 cm³/mol. The Morgan fingerprint density at radius 3 is 2.17 bits per heavy atom. The zero-order valence-electron chi connectivity index (χ0n) is 22.2. The number of carbonyl (C=O) groups excluding carboxylic acids is 1. The van der Waals surface area contributed by atoms with Crippen molar-refractivity contribution in [1.82, 2.24) is 14.7 Å². The molecule has 36 heavy (non-hydrogen) atoms. The summed E-state index contributed by atoms with van der Waals surface area (Å²) in [6.45, 7) is 4.71. The van der Waals surface area contributed by atoms with Gasteiger partial charge < -0.3 is 9.80 Å². The summed E-state index contributed by atoms with van der Waals surface area (Å²) in [7, 11) is 1.80. The fourth-order valence-corrected chi connectivity index (χ4v) is 7.50. The molecule has 4 fully saturated rings. The van der Waals surface area contributed by atoms with E-state index in [0.717, 1.165) is 38.8 Å². The van der Waals surface area contributed by atoms with Crippen LogP contribution >= 0.6 is 0 Å². The van der Waals surface area contributed by atoms with Crippen molar-refractivity contribution < 1.29 is 22.4 Å². The van der Waals surface area contributed by atoms with Gasteiger partial charge in [0.2, 0.25) is 5.91 Å². The smallest absolute Gasteiger partial charge is 0.344 e. The third kappa shape index (κ3) is 7.36. The van der Waals surface area contributed by atoms with Crippen LogP contribution in [0.4, 0.5) is 17.6 Å². The first kappa shape index (κ1) is 28.1. The van der Waals surface area contributed by atoms with Gasteiger partial charge in [-0.05, 0) is 89.1 Å². The second kappa shape index (κ2) is 12.8. The highest BCUT2D eigenvalue weighted by Crippen LogP contribution is 2.42. The molecule has 4 nitrogen and oxygen atoms in total. The van der Waals surface area contributed by atoms with Crippen LogP contribution in [0.3, 0.4) is 0 Å². The lowest BCUT2D eigenvalue weighted by Crippen LogP contribution is -2.56. The summed E-state index contributed by atoms with van der Waals surface area (Å²) in [4.78, 5) is 20.6. The molecule has 0 aromatic carbocycles. The third-order valence-electron chi connectivity index (χ3n) is 9.61. The summed E-state index contributed by atoms with van der Waals surface area (Å²) in [5.74, 6) is -1.38. The van der Waals surface area contributed by atoms with Crippen LogP contribution in [-0.4, -0.2) is 84.8 Å². The van der Waals surface area contributed by atoms with Gasteiger partial charge in [-0.25, -0.2) is 4.39 Å². The molecule has 0 aromatic rings. The van der Waals surface area contributed by atoms with Gasteiger partial charge in [-0.15, -0.1) is 0 Å². The van der Waals surface area contributed by atoms with Gasteiger partial charge in [0.25, 0.3) is 0 Å². The molecule has 4 rings (SSSR count). The number of hydrogen-bond donors (Lipinski definition) is 0. The Morgan fingerprint density at radius 2 is 1.53 bits per heavy atom. The van der Waals surface area contributed by atoms with Gasteiger partial charge in [0.1, 0.15) is 6.17 Å². The fraction of sp³-hybridized carbons (Fsp3) is 0.964. The van der Waals surface area contributed by atoms with E-state index in [1.807, 2.05) is 0 Å². The van der Waals surface area contributed by atoms with E-state index in [0.29, 0.717) is 24.9 Å². The monoisotopic (exact) mass is 517 g/mol. The molecule has 0 radical (unpaired) electrons. The minimum Gasteiger partial charge on any atom is -0.344 e. The number of rotatable bonds is 7. The van der Waals surface area contributed by atoms with Crippen molar-refractivity contribution in [1.29, 1.82) is 0 Å². The van der Waals surface area contributed by atoms with Crippen molar-refractivity contribution in [2.24, 2.45) is 17.8 Å². The molecule has 2 aliphatic carbocycles. The molecule has 0 bridgehead atoms. The lowest BCUT2D eigenvalue weighted by atomic mass is 9.78. The number of amides is 1. The molecule has 2 saturated carbocycles. The number of piperidine rings is 2. The summed E-state index contributed by atoms with van der Waals surface area (Å²) in [5, 5.41) is 0. The maximum atomic E-state index is 14.1. The molecule has 0 aromatic heterocycles. The molecular formula is C28H47F4N3O. The minimum absolute atomic E-state index is 0.0119. The van der Waals surface area contributed by atoms with Gasteiger partial charge in [0, 0.05) is 32.7 Å². The van der Waals surface area contributed by atoms with E-state index in [9.17, 15) is 22.4 Å². The second-order valence-corrected chi connectivity index (χ2v) is 12.2. The molecule has 2 heterocycles. The highest BCUT2D eigenvalue weighted by atomic mass is 19.4. The lowest BCUT2D eigenvalue weighted by molar-refractivity contribution is -0.191. The summed E-state index contributed by atoms with van der Waals surface area (Å²) in [6, 6.07) is 0.503. The molecule has 1 amide bonds. The van der Waals surface area contributed by atoms with Crippen molar-refractivity contribution in [3.05, 3.63) is 0 Å². The van der Waals surface area contributed by atoms with Crippen molar-refractivity contribution >= 4 is 5.91 Å². The van der Waals surface area contributed by atoms with Crippen LogP contribution in [0.5, 0.6) is 0 Å². The Labute approximate surface area is 215 Å². The average molecular weight is 518 g/mol. The topological polar surface area (TPSA) is 26.8 Å². The Kier molecular flexibility index (Phi) is 9.98. The van der Waals surface area contributed by atoms with Gasteiger partial charge in [0.05, 0.1) is 12.0 Å². The number of hydrogen-bond acceptors (Lipinski definition) is 3. The van der Waals surface area contributed by atoms with Gasteiger partial charge in [-0.1, -0.05) is 25.7 Å². The highest BCUT2D eigenvalue weighted by molar-refractivity contribution is 5.82. The zero-order chi connectivity index (χ0) is 25.7. The first-order valence-corrected chi connectivity index (χ1v) is 14.7. The third-order valence-corrected chi connectivity index (χ3v) is 9.61. The Morgan fingerprint density at radius 1 is 0.889 bits per heavy atom. The van der Waals surface area contributed by atoms with Crippen LogP contribution in [0.2, 0.25) is 0 Å². The number of halogens is 4. The molecular weight excluding hydrogens is 470 g/mol. The number of alkyl halides is 4. The van der Waals surface area contributed by atoms with Crippen molar-refractivity contribution in [2.45, 2.75) is 114 Å². The molecule has 4 unspecified atom stereocenters. The lowest BCUT2D eigenvalue weighted by Gasteiger charge is -2.45. The number of nitrogens with zero attached hydrogens (tertiary/aromatic N) is 3. The van der Waals surface area contributed by atoms with Crippen LogP contribution < -0.4 is 0 Å². The van der Waals surface area contributed by atoms with E-state index >= 15 is 0 Å². The Bertz CT molecular complexity index is 685. The second-order valence-electron chi connectivity index (χ2n) is 12.2. The summed E-state index contributed by atoms with van der Waals surface area (Å²) in [6.07, 6.45) is 6.35. The standard InChI is InChI=1S/C28H47F4N3O/c1-33(15-10-21-18-23(28(30,31)32)20-24(29)19-21)27(36)26(22-8-4-2-5-9-22)35-16-11-25(12-17-35)34-13-6-3-7-14-34/h21-26H,2-20H2,1H3. The molecule has 4 atom stereocenters. The molecule has 4 aliphatic rings. The van der Waals surface area contributed by atoms with E-state index in [1.54, 1.807) is 11.9 Å². The van der Waals surface area contributed by atoms with E-state index < -0.39 is 24.7 Å². The predicted octanol–water partition coefficient (Wildman–Crippen LogP) is 6.05. The summed E-state index contributed by atoms with van der Waals surface area (Å²) >= 11 is 0. The SMILES string of the molecule is CN(CCC1CC(F)CC(C(F)(F)F)C1)C(=O)C(C1CCCCC1)N1CCC(N2CCCCC2)CC1. The largest absolute Gasteiger partial charge is 0.391 e. The first-order chi connectivity index (χ1) is 17.2. The van der Waals surface area contributed by atoms with Crippen molar-refractivity contribution in [2.75, 3.05) is 39.8 Å². The van der Waals surface area contributed by atoms with Crippen LogP contribution in [0.1, 0.15) is 89.9 Å².